The van der Waals surface area contributed by atoms with Crippen LogP contribution in [0.3, 0.4) is 0 Å². The van der Waals surface area contributed by atoms with Gasteiger partial charge in [-0.1, -0.05) is 30.2 Å². The second kappa shape index (κ2) is 6.41. The van der Waals surface area contributed by atoms with Gasteiger partial charge in [-0.25, -0.2) is 0 Å². The zero-order valence-corrected chi connectivity index (χ0v) is 13.7. The average Bonchev–Trinajstić information content (AvgIpc) is 2.98. The van der Waals surface area contributed by atoms with Crippen molar-refractivity contribution in [3.8, 4) is 0 Å². The van der Waals surface area contributed by atoms with Crippen LogP contribution in [-0.2, 0) is 10.2 Å². The number of aliphatic hydroxyl groups excluding tert-OH is 1. The van der Waals surface area contributed by atoms with Crippen LogP contribution in [0.1, 0.15) is 36.5 Å². The molecule has 5 heteroatoms. The number of hydrogen-bond donors (Lipinski definition) is 2. The highest BCUT2D eigenvalue weighted by Gasteiger charge is 2.45. The maximum Gasteiger partial charge on any atom is 0.230 e. The molecule has 1 fully saturated rings. The van der Waals surface area contributed by atoms with Crippen molar-refractivity contribution in [2.24, 2.45) is 0 Å². The second-order valence-corrected chi connectivity index (χ2v) is 6.94. The fraction of sp³-hybridized carbons (Fsp3) is 0.353. The van der Waals surface area contributed by atoms with Gasteiger partial charge in [-0.2, -0.15) is 11.3 Å². The zero-order valence-electron chi connectivity index (χ0n) is 12.1. The van der Waals surface area contributed by atoms with Gasteiger partial charge in [0.2, 0.25) is 5.91 Å². The van der Waals surface area contributed by atoms with E-state index in [1.54, 1.807) is 0 Å². The number of rotatable bonds is 5. The van der Waals surface area contributed by atoms with Crippen LogP contribution in [0.4, 0.5) is 0 Å². The van der Waals surface area contributed by atoms with Gasteiger partial charge in [0, 0.05) is 11.6 Å². The summed E-state index contributed by atoms with van der Waals surface area (Å²) >= 11 is 7.60. The summed E-state index contributed by atoms with van der Waals surface area (Å²) in [4.78, 5) is 12.7. The molecular weight excluding hydrogens is 318 g/mol. The van der Waals surface area contributed by atoms with E-state index in [0.29, 0.717) is 5.02 Å². The lowest BCUT2D eigenvalue weighted by atomic mass is 9.64. The van der Waals surface area contributed by atoms with Crippen LogP contribution in [0.15, 0.2) is 41.1 Å². The van der Waals surface area contributed by atoms with E-state index in [0.717, 1.165) is 30.4 Å². The highest BCUT2D eigenvalue weighted by molar-refractivity contribution is 7.07. The van der Waals surface area contributed by atoms with Gasteiger partial charge in [-0.05, 0) is 52.9 Å². The summed E-state index contributed by atoms with van der Waals surface area (Å²) in [5.74, 6) is -0.0182. The first-order chi connectivity index (χ1) is 10.6. The Morgan fingerprint density at radius 1 is 1.41 bits per heavy atom. The Balaban J connectivity index is 1.70. The number of halogens is 1. The molecule has 1 atom stereocenters. The van der Waals surface area contributed by atoms with E-state index >= 15 is 0 Å². The van der Waals surface area contributed by atoms with Gasteiger partial charge in [-0.15, -0.1) is 0 Å². The number of nitrogens with one attached hydrogen (secondary N) is 1. The Bertz CT molecular complexity index is 652. The van der Waals surface area contributed by atoms with Crippen molar-refractivity contribution in [1.29, 1.82) is 0 Å². The first kappa shape index (κ1) is 15.5. The molecule has 1 saturated carbocycles. The summed E-state index contributed by atoms with van der Waals surface area (Å²) in [7, 11) is 0. The maximum absolute atomic E-state index is 12.7. The molecule has 0 spiro atoms. The van der Waals surface area contributed by atoms with Crippen molar-refractivity contribution in [1.82, 2.24) is 5.32 Å². The van der Waals surface area contributed by atoms with Crippen molar-refractivity contribution in [3.63, 3.8) is 0 Å². The summed E-state index contributed by atoms with van der Waals surface area (Å²) in [6.45, 7) is 0.234. The van der Waals surface area contributed by atoms with Gasteiger partial charge < -0.3 is 10.4 Å². The molecule has 0 bridgehead atoms. The van der Waals surface area contributed by atoms with Gasteiger partial charge in [0.25, 0.3) is 0 Å². The Kier molecular flexibility index (Phi) is 4.52. The molecule has 22 heavy (non-hydrogen) atoms. The number of hydrogen-bond acceptors (Lipinski definition) is 3. The van der Waals surface area contributed by atoms with Crippen molar-refractivity contribution >= 4 is 28.8 Å². The van der Waals surface area contributed by atoms with Crippen molar-refractivity contribution in [2.45, 2.75) is 30.8 Å². The third-order valence-electron chi connectivity index (χ3n) is 4.40. The minimum atomic E-state index is -0.660. The number of carbonyl (C=O) groups is 1. The number of aliphatic hydroxyl groups is 1. The monoisotopic (exact) mass is 335 g/mol. The van der Waals surface area contributed by atoms with E-state index in [2.05, 4.69) is 5.32 Å². The lowest BCUT2D eigenvalue weighted by molar-refractivity contribution is -0.130. The molecule has 3 rings (SSSR count). The quantitative estimate of drug-likeness (QED) is 0.875. The predicted octanol–water partition coefficient (Wildman–Crippen LogP) is 3.67. The van der Waals surface area contributed by atoms with Crippen LogP contribution in [0.25, 0.3) is 0 Å². The van der Waals surface area contributed by atoms with Crippen molar-refractivity contribution < 1.29 is 9.90 Å². The van der Waals surface area contributed by atoms with Crippen LogP contribution in [0, 0.1) is 0 Å². The lowest BCUT2D eigenvalue weighted by Crippen LogP contribution is -2.50. The molecule has 116 valence electrons. The van der Waals surface area contributed by atoms with E-state index in [4.69, 9.17) is 11.6 Å². The number of amides is 1. The molecule has 1 aliphatic rings. The SMILES string of the molecule is O=C(NCC(O)c1ccsc1)C1(c2cccc(Cl)c2)CCC1. The highest BCUT2D eigenvalue weighted by Crippen LogP contribution is 2.44. The third-order valence-corrected chi connectivity index (χ3v) is 5.34. The molecule has 1 heterocycles. The first-order valence-corrected chi connectivity index (χ1v) is 8.68. The zero-order chi connectivity index (χ0) is 15.6. The fourth-order valence-electron chi connectivity index (χ4n) is 2.90. The average molecular weight is 336 g/mol. The molecule has 0 saturated heterocycles. The number of benzene rings is 1. The second-order valence-electron chi connectivity index (χ2n) is 5.73. The van der Waals surface area contributed by atoms with Crippen LogP contribution < -0.4 is 5.32 Å². The molecule has 1 aromatic carbocycles. The lowest BCUT2D eigenvalue weighted by Gasteiger charge is -2.41. The van der Waals surface area contributed by atoms with Crippen molar-refractivity contribution in [2.75, 3.05) is 6.54 Å². The number of carbonyl (C=O) groups excluding carboxylic acids is 1. The van der Waals surface area contributed by atoms with Crippen LogP contribution in [0.5, 0.6) is 0 Å². The minimum Gasteiger partial charge on any atom is -0.387 e. The Morgan fingerprint density at radius 2 is 2.23 bits per heavy atom. The van der Waals surface area contributed by atoms with E-state index in [1.807, 2.05) is 41.1 Å². The normalized spacial score (nSPS) is 17.5. The largest absolute Gasteiger partial charge is 0.387 e. The molecule has 2 aromatic rings. The topological polar surface area (TPSA) is 49.3 Å². The summed E-state index contributed by atoms with van der Waals surface area (Å²) in [6.07, 6.45) is 2.03. The van der Waals surface area contributed by atoms with Crippen molar-refractivity contribution in [3.05, 3.63) is 57.2 Å². The molecule has 1 aromatic heterocycles. The summed E-state index contributed by atoms with van der Waals surface area (Å²) in [5.41, 5.74) is 1.32. The van der Waals surface area contributed by atoms with Crippen LogP contribution in [-0.4, -0.2) is 17.6 Å². The Labute approximate surface area is 138 Å². The Morgan fingerprint density at radius 3 is 2.82 bits per heavy atom. The van der Waals surface area contributed by atoms with E-state index in [9.17, 15) is 9.90 Å². The van der Waals surface area contributed by atoms with Gasteiger partial charge in [0.1, 0.15) is 0 Å². The minimum absolute atomic E-state index is 0.0182. The van der Waals surface area contributed by atoms with E-state index < -0.39 is 11.5 Å². The molecule has 3 nitrogen and oxygen atoms in total. The highest BCUT2D eigenvalue weighted by atomic mass is 35.5. The van der Waals surface area contributed by atoms with Gasteiger partial charge in [-0.3, -0.25) is 4.79 Å². The molecule has 1 aliphatic carbocycles. The number of thiophene rings is 1. The summed E-state index contributed by atoms with van der Waals surface area (Å²) in [6, 6.07) is 9.40. The molecule has 0 aliphatic heterocycles. The standard InChI is InChI=1S/C17H18ClNO2S/c18-14-4-1-3-13(9-14)17(6-2-7-17)16(21)19-10-15(20)12-5-8-22-11-12/h1,3-5,8-9,11,15,20H,2,6-7,10H2,(H,19,21). The van der Waals surface area contributed by atoms with E-state index in [1.165, 1.54) is 11.3 Å². The summed E-state index contributed by atoms with van der Waals surface area (Å²) in [5, 5.41) is 17.5. The maximum atomic E-state index is 12.7. The van der Waals surface area contributed by atoms with Gasteiger partial charge >= 0.3 is 0 Å². The predicted molar refractivity (Wildman–Crippen MR) is 89.3 cm³/mol. The molecule has 1 amide bonds. The molecule has 2 N–H and O–H groups in total. The van der Waals surface area contributed by atoms with Crippen LogP contribution >= 0.6 is 22.9 Å². The Hall–Kier alpha value is -1.36. The fourth-order valence-corrected chi connectivity index (χ4v) is 3.80. The third kappa shape index (κ3) is 2.91. The first-order valence-electron chi connectivity index (χ1n) is 7.36. The molecule has 1 unspecified atom stereocenters. The smallest absolute Gasteiger partial charge is 0.230 e. The van der Waals surface area contributed by atoms with Crippen LogP contribution in [0.2, 0.25) is 5.02 Å². The molecule has 0 radical (unpaired) electrons. The summed E-state index contributed by atoms with van der Waals surface area (Å²) < 4.78 is 0. The van der Waals surface area contributed by atoms with Gasteiger partial charge in [0.05, 0.1) is 11.5 Å². The molecular formula is C17H18ClNO2S. The van der Waals surface area contributed by atoms with Gasteiger partial charge in [0.15, 0.2) is 0 Å². The van der Waals surface area contributed by atoms with E-state index in [-0.39, 0.29) is 12.5 Å².